The zero-order chi connectivity index (χ0) is 12.3. The molecule has 1 aromatic rings. The molecule has 1 heteroatoms. The number of hydrogen-bond donors (Lipinski definition) is 1. The lowest BCUT2D eigenvalue weighted by Crippen LogP contribution is -1.90. The number of rotatable bonds is 5. The Bertz CT molecular complexity index is 294. The number of unbranched alkanes of at least 4 members (excludes halogenated alkanes) is 4. The number of para-hydroxylation sites is 1. The van der Waals surface area contributed by atoms with Gasteiger partial charge in [-0.2, -0.15) is 0 Å². The SMILES string of the molecule is C=CCCCCCC.c1ccc2c(c1)CCN2. The highest BCUT2D eigenvalue weighted by atomic mass is 14.9. The molecule has 0 aliphatic carbocycles. The minimum atomic E-state index is 1.11. The Hall–Kier alpha value is -1.24. The Labute approximate surface area is 106 Å². The van der Waals surface area contributed by atoms with Crippen LogP contribution in [0.4, 0.5) is 5.69 Å². The van der Waals surface area contributed by atoms with E-state index in [-0.39, 0.29) is 0 Å². The van der Waals surface area contributed by atoms with Gasteiger partial charge < -0.3 is 5.32 Å². The maximum Gasteiger partial charge on any atom is 0.0373 e. The number of allylic oxidation sites excluding steroid dienone is 1. The lowest BCUT2D eigenvalue weighted by atomic mass is 10.2. The van der Waals surface area contributed by atoms with Crippen LogP contribution in [0.25, 0.3) is 0 Å². The van der Waals surface area contributed by atoms with Crippen molar-refractivity contribution < 1.29 is 0 Å². The van der Waals surface area contributed by atoms with Crippen LogP contribution >= 0.6 is 0 Å². The van der Waals surface area contributed by atoms with E-state index in [2.05, 4.69) is 43.1 Å². The molecular formula is C16H25N. The Morgan fingerprint density at radius 2 is 2.06 bits per heavy atom. The quantitative estimate of drug-likeness (QED) is 0.567. The van der Waals surface area contributed by atoms with Crippen molar-refractivity contribution in [3.05, 3.63) is 42.5 Å². The molecule has 0 saturated carbocycles. The molecule has 1 aliphatic rings. The highest BCUT2D eigenvalue weighted by Crippen LogP contribution is 2.19. The third kappa shape index (κ3) is 5.58. The average Bonchev–Trinajstić information content (AvgIpc) is 2.84. The molecule has 17 heavy (non-hydrogen) atoms. The molecule has 1 heterocycles. The molecule has 0 unspecified atom stereocenters. The summed E-state index contributed by atoms with van der Waals surface area (Å²) in [7, 11) is 0. The van der Waals surface area contributed by atoms with Gasteiger partial charge in [0.2, 0.25) is 0 Å². The van der Waals surface area contributed by atoms with E-state index < -0.39 is 0 Å². The van der Waals surface area contributed by atoms with E-state index in [9.17, 15) is 0 Å². The highest BCUT2D eigenvalue weighted by molar-refractivity contribution is 5.54. The van der Waals surface area contributed by atoms with Gasteiger partial charge in [0, 0.05) is 12.2 Å². The highest BCUT2D eigenvalue weighted by Gasteiger charge is 2.05. The number of anilines is 1. The van der Waals surface area contributed by atoms with E-state index in [1.54, 1.807) is 0 Å². The average molecular weight is 231 g/mol. The van der Waals surface area contributed by atoms with Crippen molar-refractivity contribution in [3.63, 3.8) is 0 Å². The Kier molecular flexibility index (Phi) is 7.20. The summed E-state index contributed by atoms with van der Waals surface area (Å²) in [6.07, 6.45) is 9.80. The molecule has 1 aromatic carbocycles. The largest absolute Gasteiger partial charge is 0.384 e. The van der Waals surface area contributed by atoms with Crippen LogP contribution in [0.15, 0.2) is 36.9 Å². The van der Waals surface area contributed by atoms with Crippen LogP contribution in [-0.2, 0) is 6.42 Å². The lowest BCUT2D eigenvalue weighted by molar-refractivity contribution is 0.675. The number of benzene rings is 1. The molecule has 0 amide bonds. The molecule has 0 spiro atoms. The monoisotopic (exact) mass is 231 g/mol. The normalized spacial score (nSPS) is 12.1. The maximum absolute atomic E-state index is 3.66. The summed E-state index contributed by atoms with van der Waals surface area (Å²) in [5, 5.41) is 3.30. The fourth-order valence-corrected chi connectivity index (χ4v) is 1.96. The van der Waals surface area contributed by atoms with Crippen LogP contribution in [0.5, 0.6) is 0 Å². The van der Waals surface area contributed by atoms with E-state index >= 15 is 0 Å². The first-order valence-electron chi connectivity index (χ1n) is 6.81. The molecular weight excluding hydrogens is 206 g/mol. The van der Waals surface area contributed by atoms with Crippen molar-refractivity contribution in [2.75, 3.05) is 11.9 Å². The summed E-state index contributed by atoms with van der Waals surface area (Å²) in [6.45, 7) is 7.00. The van der Waals surface area contributed by atoms with Crippen molar-refractivity contribution in [2.45, 2.75) is 45.4 Å². The van der Waals surface area contributed by atoms with Gasteiger partial charge in [-0.15, -0.1) is 6.58 Å². The minimum absolute atomic E-state index is 1.11. The van der Waals surface area contributed by atoms with Gasteiger partial charge in [-0.05, 0) is 30.9 Å². The van der Waals surface area contributed by atoms with Crippen molar-refractivity contribution in [1.82, 2.24) is 0 Å². The second-order valence-corrected chi connectivity index (χ2v) is 4.47. The smallest absolute Gasteiger partial charge is 0.0373 e. The molecule has 0 saturated heterocycles. The van der Waals surface area contributed by atoms with Crippen molar-refractivity contribution in [2.24, 2.45) is 0 Å². The fourth-order valence-electron chi connectivity index (χ4n) is 1.96. The summed E-state index contributed by atoms with van der Waals surface area (Å²) in [5.41, 5.74) is 2.77. The van der Waals surface area contributed by atoms with Gasteiger partial charge >= 0.3 is 0 Å². The Balaban J connectivity index is 0.000000172. The van der Waals surface area contributed by atoms with Gasteiger partial charge in [0.15, 0.2) is 0 Å². The standard InChI is InChI=1S/C8H9N.C8H16/c1-2-4-8-7(3-1)5-6-9-8;1-3-5-7-8-6-4-2/h1-4,9H,5-6H2;3H,1,4-8H2,2H3. The van der Waals surface area contributed by atoms with E-state index in [0.717, 1.165) is 6.54 Å². The summed E-state index contributed by atoms with van der Waals surface area (Å²) in [6, 6.07) is 8.46. The first-order chi connectivity index (χ1) is 8.38. The second kappa shape index (κ2) is 8.86. The molecule has 1 nitrogen and oxygen atoms in total. The summed E-state index contributed by atoms with van der Waals surface area (Å²) in [5.74, 6) is 0. The van der Waals surface area contributed by atoms with Gasteiger partial charge in [0.05, 0.1) is 0 Å². The molecule has 0 atom stereocenters. The van der Waals surface area contributed by atoms with Crippen LogP contribution in [0.3, 0.4) is 0 Å². The second-order valence-electron chi connectivity index (χ2n) is 4.47. The fraction of sp³-hybridized carbons (Fsp3) is 0.500. The summed E-state index contributed by atoms with van der Waals surface area (Å²) < 4.78 is 0. The van der Waals surface area contributed by atoms with Gasteiger partial charge in [-0.25, -0.2) is 0 Å². The first kappa shape index (κ1) is 13.8. The zero-order valence-corrected chi connectivity index (χ0v) is 11.0. The minimum Gasteiger partial charge on any atom is -0.384 e. The van der Waals surface area contributed by atoms with Crippen molar-refractivity contribution in [1.29, 1.82) is 0 Å². The van der Waals surface area contributed by atoms with Gasteiger partial charge in [0.25, 0.3) is 0 Å². The molecule has 1 N–H and O–H groups in total. The predicted octanol–water partition coefficient (Wildman–Crippen LogP) is 4.80. The summed E-state index contributed by atoms with van der Waals surface area (Å²) in [4.78, 5) is 0. The topological polar surface area (TPSA) is 12.0 Å². The number of fused-ring (bicyclic) bond motifs is 1. The maximum atomic E-state index is 3.66. The van der Waals surface area contributed by atoms with E-state index in [0.29, 0.717) is 0 Å². The van der Waals surface area contributed by atoms with E-state index in [4.69, 9.17) is 0 Å². The van der Waals surface area contributed by atoms with E-state index in [1.165, 1.54) is 49.8 Å². The molecule has 0 aromatic heterocycles. The number of hydrogen-bond acceptors (Lipinski definition) is 1. The number of nitrogens with one attached hydrogen (secondary N) is 1. The first-order valence-corrected chi connectivity index (χ1v) is 6.81. The molecule has 0 fully saturated rings. The Morgan fingerprint density at radius 3 is 2.76 bits per heavy atom. The van der Waals surface area contributed by atoms with Gasteiger partial charge in [-0.1, -0.05) is 50.5 Å². The van der Waals surface area contributed by atoms with Gasteiger partial charge in [-0.3, -0.25) is 0 Å². The molecule has 94 valence electrons. The van der Waals surface area contributed by atoms with Crippen LogP contribution < -0.4 is 5.32 Å². The van der Waals surface area contributed by atoms with Gasteiger partial charge in [0.1, 0.15) is 0 Å². The summed E-state index contributed by atoms with van der Waals surface area (Å²) >= 11 is 0. The third-order valence-electron chi connectivity index (χ3n) is 2.99. The van der Waals surface area contributed by atoms with E-state index in [1.807, 2.05) is 6.08 Å². The van der Waals surface area contributed by atoms with Crippen LogP contribution in [0.2, 0.25) is 0 Å². The predicted molar refractivity (Wildman–Crippen MR) is 77.6 cm³/mol. The van der Waals surface area contributed by atoms with Crippen LogP contribution in [0.1, 0.15) is 44.6 Å². The molecule has 2 rings (SSSR count). The Morgan fingerprint density at radius 1 is 1.24 bits per heavy atom. The lowest BCUT2D eigenvalue weighted by Gasteiger charge is -1.94. The molecule has 0 radical (unpaired) electrons. The molecule has 0 bridgehead atoms. The molecule has 1 aliphatic heterocycles. The van der Waals surface area contributed by atoms with Crippen molar-refractivity contribution in [3.8, 4) is 0 Å². The van der Waals surface area contributed by atoms with Crippen LogP contribution in [-0.4, -0.2) is 6.54 Å². The zero-order valence-electron chi connectivity index (χ0n) is 11.0. The van der Waals surface area contributed by atoms with Crippen LogP contribution in [0, 0.1) is 0 Å². The van der Waals surface area contributed by atoms with Crippen molar-refractivity contribution >= 4 is 5.69 Å². The third-order valence-corrected chi connectivity index (χ3v) is 2.99.